The lowest BCUT2D eigenvalue weighted by atomic mass is 9.86. The van der Waals surface area contributed by atoms with Crippen LogP contribution in [0.15, 0.2) is 22.7 Å². The zero-order chi connectivity index (χ0) is 12.3. The number of Topliss-reactive ketones (excluding diaryl/α,β-unsaturated/α-hetero) is 1. The van der Waals surface area contributed by atoms with Gasteiger partial charge in [0.15, 0.2) is 0 Å². The van der Waals surface area contributed by atoms with Gasteiger partial charge in [-0.05, 0) is 43.0 Å². The Bertz CT molecular complexity index is 367. The summed E-state index contributed by atoms with van der Waals surface area (Å²) in [6.07, 6.45) is 0.601. The highest BCUT2D eigenvalue weighted by Gasteiger charge is 2.19. The van der Waals surface area contributed by atoms with Crippen LogP contribution in [0, 0.1) is 17.7 Å². The van der Waals surface area contributed by atoms with Crippen LogP contribution in [-0.4, -0.2) is 5.78 Å². The minimum Gasteiger partial charge on any atom is -0.300 e. The van der Waals surface area contributed by atoms with Gasteiger partial charge in [-0.25, -0.2) is 4.39 Å². The van der Waals surface area contributed by atoms with E-state index >= 15 is 0 Å². The first-order chi connectivity index (χ1) is 7.40. The molecule has 0 saturated carbocycles. The summed E-state index contributed by atoms with van der Waals surface area (Å²) in [7, 11) is 0. The van der Waals surface area contributed by atoms with Gasteiger partial charge in [-0.15, -0.1) is 0 Å². The summed E-state index contributed by atoms with van der Waals surface area (Å²) in [5.74, 6) is 0.138. The summed E-state index contributed by atoms with van der Waals surface area (Å²) in [6, 6.07) is 4.77. The largest absolute Gasteiger partial charge is 0.300 e. The quantitative estimate of drug-likeness (QED) is 0.818. The number of halogens is 2. The van der Waals surface area contributed by atoms with E-state index in [4.69, 9.17) is 0 Å². The number of carbonyl (C=O) groups is 1. The highest BCUT2D eigenvalue weighted by atomic mass is 79.9. The van der Waals surface area contributed by atoms with Crippen molar-refractivity contribution in [3.8, 4) is 0 Å². The van der Waals surface area contributed by atoms with Crippen molar-refractivity contribution in [1.82, 2.24) is 0 Å². The summed E-state index contributed by atoms with van der Waals surface area (Å²) < 4.78 is 13.9. The van der Waals surface area contributed by atoms with E-state index in [1.807, 2.05) is 19.9 Å². The maximum atomic E-state index is 13.2. The molecule has 1 aromatic rings. The molecule has 1 nitrogen and oxygen atoms in total. The first-order valence-corrected chi connectivity index (χ1v) is 6.15. The fraction of sp³-hybridized carbons (Fsp3) is 0.462. The molecule has 0 aliphatic rings. The molecule has 16 heavy (non-hydrogen) atoms. The van der Waals surface area contributed by atoms with Gasteiger partial charge in [0.25, 0.3) is 0 Å². The van der Waals surface area contributed by atoms with Gasteiger partial charge in [0, 0.05) is 10.4 Å². The van der Waals surface area contributed by atoms with Crippen molar-refractivity contribution in [2.75, 3.05) is 0 Å². The lowest BCUT2D eigenvalue weighted by Gasteiger charge is -2.17. The molecule has 88 valence electrons. The van der Waals surface area contributed by atoms with Crippen molar-refractivity contribution < 1.29 is 9.18 Å². The van der Waals surface area contributed by atoms with Crippen molar-refractivity contribution in [1.29, 1.82) is 0 Å². The van der Waals surface area contributed by atoms with Crippen LogP contribution >= 0.6 is 15.9 Å². The molecule has 1 rings (SSSR count). The van der Waals surface area contributed by atoms with Crippen molar-refractivity contribution in [2.45, 2.75) is 27.2 Å². The van der Waals surface area contributed by atoms with Crippen LogP contribution in [-0.2, 0) is 11.2 Å². The number of benzene rings is 1. The molecule has 0 radical (unpaired) electrons. The second-order valence-electron chi connectivity index (χ2n) is 4.44. The predicted molar refractivity (Wildman–Crippen MR) is 66.8 cm³/mol. The van der Waals surface area contributed by atoms with E-state index in [1.165, 1.54) is 12.1 Å². The smallest absolute Gasteiger partial charge is 0.133 e. The lowest BCUT2D eigenvalue weighted by Crippen LogP contribution is -2.20. The van der Waals surface area contributed by atoms with E-state index in [-0.39, 0.29) is 23.4 Å². The minimum atomic E-state index is -0.268. The molecule has 0 bridgehead atoms. The fourth-order valence-corrected chi connectivity index (χ4v) is 2.34. The topological polar surface area (TPSA) is 17.1 Å². The van der Waals surface area contributed by atoms with Gasteiger partial charge in [0.1, 0.15) is 11.6 Å². The molecule has 1 aromatic carbocycles. The molecule has 1 atom stereocenters. The van der Waals surface area contributed by atoms with Crippen LogP contribution in [0.4, 0.5) is 4.39 Å². The maximum Gasteiger partial charge on any atom is 0.133 e. The van der Waals surface area contributed by atoms with Gasteiger partial charge < -0.3 is 0 Å². The third-order valence-electron chi connectivity index (χ3n) is 2.70. The Morgan fingerprint density at radius 2 is 2.00 bits per heavy atom. The Morgan fingerprint density at radius 3 is 2.44 bits per heavy atom. The van der Waals surface area contributed by atoms with E-state index < -0.39 is 0 Å². The Labute approximate surface area is 104 Å². The zero-order valence-electron chi connectivity index (χ0n) is 9.76. The Hall–Kier alpha value is -0.700. The number of hydrogen-bond acceptors (Lipinski definition) is 1. The predicted octanol–water partition coefficient (Wildman–Crippen LogP) is 3.99. The fourth-order valence-electron chi connectivity index (χ4n) is 1.83. The van der Waals surface area contributed by atoms with Gasteiger partial charge in [0.05, 0.1) is 0 Å². The molecule has 0 aliphatic carbocycles. The van der Waals surface area contributed by atoms with E-state index in [0.29, 0.717) is 10.9 Å². The molecular weight excluding hydrogens is 271 g/mol. The molecule has 0 N–H and O–H groups in total. The number of ketones is 1. The molecular formula is C13H16BrFO. The van der Waals surface area contributed by atoms with Crippen LogP contribution < -0.4 is 0 Å². The first-order valence-electron chi connectivity index (χ1n) is 5.35. The second-order valence-corrected chi connectivity index (χ2v) is 5.36. The third kappa shape index (κ3) is 3.71. The number of rotatable bonds is 4. The van der Waals surface area contributed by atoms with Gasteiger partial charge in [0.2, 0.25) is 0 Å². The summed E-state index contributed by atoms with van der Waals surface area (Å²) in [5, 5.41) is 0. The van der Waals surface area contributed by atoms with Gasteiger partial charge in [-0.3, -0.25) is 4.79 Å². The summed E-state index contributed by atoms with van der Waals surface area (Å²) in [4.78, 5) is 11.5. The zero-order valence-corrected chi connectivity index (χ0v) is 11.3. The highest BCUT2D eigenvalue weighted by molar-refractivity contribution is 9.10. The standard InChI is InChI=1S/C13H16BrFO/c1-8(2)13(9(3)16)6-10-4-11(14)7-12(15)5-10/h4-5,7-8,13H,6H2,1-3H3. The Balaban J connectivity index is 2.89. The highest BCUT2D eigenvalue weighted by Crippen LogP contribution is 2.22. The average molecular weight is 287 g/mol. The minimum absolute atomic E-state index is 0.0336. The van der Waals surface area contributed by atoms with Crippen LogP contribution in [0.5, 0.6) is 0 Å². The van der Waals surface area contributed by atoms with E-state index in [0.717, 1.165) is 5.56 Å². The average Bonchev–Trinajstić information content (AvgIpc) is 2.11. The van der Waals surface area contributed by atoms with Gasteiger partial charge in [-0.1, -0.05) is 29.8 Å². The first kappa shape index (κ1) is 13.4. The SMILES string of the molecule is CC(=O)C(Cc1cc(F)cc(Br)c1)C(C)C. The van der Waals surface area contributed by atoms with Gasteiger partial charge >= 0.3 is 0 Å². The van der Waals surface area contributed by atoms with Crippen molar-refractivity contribution >= 4 is 21.7 Å². The van der Waals surface area contributed by atoms with Crippen molar-refractivity contribution in [2.24, 2.45) is 11.8 Å². The number of hydrogen-bond donors (Lipinski definition) is 0. The number of carbonyl (C=O) groups excluding carboxylic acids is 1. The molecule has 0 saturated heterocycles. The molecule has 0 aliphatic heterocycles. The molecule has 3 heteroatoms. The molecule has 0 spiro atoms. The van der Waals surface area contributed by atoms with Crippen molar-refractivity contribution in [3.05, 3.63) is 34.1 Å². The normalized spacial score (nSPS) is 12.9. The molecule has 0 heterocycles. The summed E-state index contributed by atoms with van der Waals surface area (Å²) >= 11 is 3.25. The molecule has 1 unspecified atom stereocenters. The second kappa shape index (κ2) is 5.58. The summed E-state index contributed by atoms with van der Waals surface area (Å²) in [6.45, 7) is 5.62. The lowest BCUT2D eigenvalue weighted by molar-refractivity contribution is -0.121. The van der Waals surface area contributed by atoms with Crippen LogP contribution in [0.1, 0.15) is 26.3 Å². The third-order valence-corrected chi connectivity index (χ3v) is 3.16. The Kier molecular flexibility index (Phi) is 4.66. The monoisotopic (exact) mass is 286 g/mol. The summed E-state index contributed by atoms with van der Waals surface area (Å²) in [5.41, 5.74) is 0.862. The van der Waals surface area contributed by atoms with Crippen LogP contribution in [0.3, 0.4) is 0 Å². The maximum absolute atomic E-state index is 13.2. The van der Waals surface area contributed by atoms with Crippen molar-refractivity contribution in [3.63, 3.8) is 0 Å². The molecule has 0 fully saturated rings. The molecule has 0 aromatic heterocycles. The van der Waals surface area contributed by atoms with Gasteiger partial charge in [-0.2, -0.15) is 0 Å². The van der Waals surface area contributed by atoms with E-state index in [2.05, 4.69) is 15.9 Å². The van der Waals surface area contributed by atoms with E-state index in [9.17, 15) is 9.18 Å². The van der Waals surface area contributed by atoms with Crippen LogP contribution in [0.25, 0.3) is 0 Å². The molecule has 0 amide bonds. The van der Waals surface area contributed by atoms with Crippen LogP contribution in [0.2, 0.25) is 0 Å². The Morgan fingerprint density at radius 1 is 1.38 bits per heavy atom. The van der Waals surface area contributed by atoms with E-state index in [1.54, 1.807) is 6.92 Å².